The normalized spacial score (nSPS) is 21.0. The largest absolute Gasteiger partial charge is 0.444 e. The number of nitrogens with one attached hydrogen (secondary N) is 1. The SMILES string of the molecule is CC(C)(C)C(=O)OC1(CO)CCCN1NC(=O)OCc1ccccc1. The summed E-state index contributed by atoms with van der Waals surface area (Å²) in [5.41, 5.74) is 1.49. The van der Waals surface area contributed by atoms with Crippen molar-refractivity contribution < 1.29 is 24.2 Å². The molecule has 1 aromatic carbocycles. The summed E-state index contributed by atoms with van der Waals surface area (Å²) in [6.45, 7) is 5.39. The minimum atomic E-state index is -1.25. The molecule has 2 rings (SSSR count). The summed E-state index contributed by atoms with van der Waals surface area (Å²) < 4.78 is 10.7. The summed E-state index contributed by atoms with van der Waals surface area (Å²) in [7, 11) is 0. The van der Waals surface area contributed by atoms with E-state index in [1.54, 1.807) is 20.8 Å². The monoisotopic (exact) mass is 350 g/mol. The topological polar surface area (TPSA) is 88.1 Å². The van der Waals surface area contributed by atoms with Gasteiger partial charge in [-0.05, 0) is 32.8 Å². The number of aliphatic hydroxyl groups is 1. The van der Waals surface area contributed by atoms with Gasteiger partial charge in [0.05, 0.1) is 12.0 Å². The lowest BCUT2D eigenvalue weighted by Gasteiger charge is -2.37. The average molecular weight is 350 g/mol. The average Bonchev–Trinajstić information content (AvgIpc) is 2.96. The van der Waals surface area contributed by atoms with Crippen LogP contribution in [0.3, 0.4) is 0 Å². The molecular formula is C18H26N2O5. The van der Waals surface area contributed by atoms with Gasteiger partial charge < -0.3 is 14.6 Å². The van der Waals surface area contributed by atoms with Crippen molar-refractivity contribution in [2.24, 2.45) is 5.41 Å². The van der Waals surface area contributed by atoms with Gasteiger partial charge in [-0.2, -0.15) is 5.01 Å². The summed E-state index contributed by atoms with van der Waals surface area (Å²) >= 11 is 0. The number of hydrogen-bond acceptors (Lipinski definition) is 6. The number of rotatable bonds is 5. The smallest absolute Gasteiger partial charge is 0.422 e. The van der Waals surface area contributed by atoms with Crippen molar-refractivity contribution in [3.8, 4) is 0 Å². The molecule has 0 saturated carbocycles. The number of hydrazine groups is 1. The molecule has 0 radical (unpaired) electrons. The van der Waals surface area contributed by atoms with Crippen LogP contribution in [0.5, 0.6) is 0 Å². The first-order valence-corrected chi connectivity index (χ1v) is 8.36. The van der Waals surface area contributed by atoms with Crippen molar-refractivity contribution in [1.82, 2.24) is 10.4 Å². The van der Waals surface area contributed by atoms with Gasteiger partial charge in [0.15, 0.2) is 0 Å². The van der Waals surface area contributed by atoms with Gasteiger partial charge >= 0.3 is 12.1 Å². The highest BCUT2D eigenvalue weighted by Gasteiger charge is 2.47. The van der Waals surface area contributed by atoms with Crippen LogP contribution in [-0.2, 0) is 20.9 Å². The van der Waals surface area contributed by atoms with Crippen LogP contribution < -0.4 is 5.43 Å². The summed E-state index contributed by atoms with van der Waals surface area (Å²) in [5, 5.41) is 11.3. The van der Waals surface area contributed by atoms with E-state index < -0.39 is 29.8 Å². The Balaban J connectivity index is 1.96. The molecule has 1 aliphatic heterocycles. The highest BCUT2D eigenvalue weighted by Crippen LogP contribution is 2.31. The quantitative estimate of drug-likeness (QED) is 0.792. The molecule has 7 nitrogen and oxygen atoms in total. The number of amides is 1. The number of nitrogens with zero attached hydrogens (tertiary/aromatic N) is 1. The summed E-state index contributed by atoms with van der Waals surface area (Å²) in [6, 6.07) is 9.31. The Morgan fingerprint density at radius 2 is 1.96 bits per heavy atom. The van der Waals surface area contributed by atoms with Gasteiger partial charge in [-0.25, -0.2) is 4.79 Å². The molecule has 1 saturated heterocycles. The molecule has 0 aromatic heterocycles. The second-order valence-corrected chi connectivity index (χ2v) is 7.17. The van der Waals surface area contributed by atoms with Gasteiger partial charge in [-0.3, -0.25) is 10.2 Å². The molecular weight excluding hydrogens is 324 g/mol. The molecule has 0 spiro atoms. The van der Waals surface area contributed by atoms with Crippen LogP contribution in [0.2, 0.25) is 0 Å². The number of esters is 1. The molecule has 138 valence electrons. The summed E-state index contributed by atoms with van der Waals surface area (Å²) in [6.07, 6.45) is 0.455. The first-order valence-electron chi connectivity index (χ1n) is 8.36. The lowest BCUT2D eigenvalue weighted by atomic mass is 9.97. The number of carbonyl (C=O) groups excluding carboxylic acids is 2. The van der Waals surface area contributed by atoms with Gasteiger partial charge in [0.2, 0.25) is 5.72 Å². The predicted molar refractivity (Wildman–Crippen MR) is 91.1 cm³/mol. The fourth-order valence-corrected chi connectivity index (χ4v) is 2.50. The number of benzene rings is 1. The number of ether oxygens (including phenoxy) is 2. The van der Waals surface area contributed by atoms with E-state index in [-0.39, 0.29) is 6.61 Å². The highest BCUT2D eigenvalue weighted by molar-refractivity contribution is 5.76. The van der Waals surface area contributed by atoms with E-state index in [0.717, 1.165) is 5.56 Å². The van der Waals surface area contributed by atoms with Crippen molar-refractivity contribution in [3.63, 3.8) is 0 Å². The second kappa shape index (κ2) is 7.84. The molecule has 7 heteroatoms. The molecule has 1 heterocycles. The van der Waals surface area contributed by atoms with Crippen molar-refractivity contribution in [3.05, 3.63) is 35.9 Å². The molecule has 2 N–H and O–H groups in total. The third kappa shape index (κ3) is 4.93. The van der Waals surface area contributed by atoms with Crippen LogP contribution in [0.15, 0.2) is 30.3 Å². The fraction of sp³-hybridized carbons (Fsp3) is 0.556. The lowest BCUT2D eigenvalue weighted by Crippen LogP contribution is -2.58. The van der Waals surface area contributed by atoms with Crippen LogP contribution in [-0.4, -0.2) is 41.1 Å². The van der Waals surface area contributed by atoms with Crippen molar-refractivity contribution in [2.45, 2.75) is 45.9 Å². The van der Waals surface area contributed by atoms with Crippen LogP contribution in [0, 0.1) is 5.41 Å². The highest BCUT2D eigenvalue weighted by atomic mass is 16.6. The summed E-state index contributed by atoms with van der Waals surface area (Å²) in [4.78, 5) is 24.3. The Morgan fingerprint density at radius 1 is 1.28 bits per heavy atom. The lowest BCUT2D eigenvalue weighted by molar-refractivity contribution is -0.202. The zero-order valence-electron chi connectivity index (χ0n) is 14.9. The first kappa shape index (κ1) is 19.2. The molecule has 1 amide bonds. The molecule has 1 aliphatic rings. The molecule has 1 unspecified atom stereocenters. The van der Waals surface area contributed by atoms with Crippen molar-refractivity contribution >= 4 is 12.1 Å². The Hall–Kier alpha value is -2.12. The van der Waals surface area contributed by atoms with E-state index in [1.165, 1.54) is 5.01 Å². The minimum absolute atomic E-state index is 0.133. The van der Waals surface area contributed by atoms with Gasteiger partial charge in [0.25, 0.3) is 0 Å². The third-order valence-electron chi connectivity index (χ3n) is 4.02. The zero-order valence-corrected chi connectivity index (χ0v) is 14.9. The maximum absolute atomic E-state index is 12.2. The first-order chi connectivity index (χ1) is 11.8. The fourth-order valence-electron chi connectivity index (χ4n) is 2.50. The maximum atomic E-state index is 12.2. The maximum Gasteiger partial charge on any atom is 0.422 e. The standard InChI is InChI=1S/C18H26N2O5/c1-17(2,3)15(22)25-18(13-21)10-7-11-20(18)19-16(23)24-12-14-8-5-4-6-9-14/h4-6,8-9,21H,7,10-13H2,1-3H3,(H,19,23). The predicted octanol–water partition coefficient (Wildman–Crippen LogP) is 2.20. The van der Waals surface area contributed by atoms with Gasteiger partial charge in [0, 0.05) is 13.0 Å². The van der Waals surface area contributed by atoms with E-state index in [2.05, 4.69) is 5.43 Å². The third-order valence-corrected chi connectivity index (χ3v) is 4.02. The molecule has 1 fully saturated rings. The van der Waals surface area contributed by atoms with E-state index >= 15 is 0 Å². The van der Waals surface area contributed by atoms with Crippen LogP contribution in [0.4, 0.5) is 4.79 Å². The van der Waals surface area contributed by atoms with E-state index in [9.17, 15) is 14.7 Å². The van der Waals surface area contributed by atoms with Crippen LogP contribution in [0.25, 0.3) is 0 Å². The minimum Gasteiger partial charge on any atom is -0.444 e. The Kier molecular flexibility index (Phi) is 6.02. The number of aliphatic hydroxyl groups excluding tert-OH is 1. The number of carbonyl (C=O) groups is 2. The molecule has 25 heavy (non-hydrogen) atoms. The molecule has 1 aromatic rings. The Morgan fingerprint density at radius 3 is 2.56 bits per heavy atom. The summed E-state index contributed by atoms with van der Waals surface area (Å²) in [5.74, 6) is -0.437. The van der Waals surface area contributed by atoms with Crippen molar-refractivity contribution in [2.75, 3.05) is 13.2 Å². The van der Waals surface area contributed by atoms with Gasteiger partial charge in [0.1, 0.15) is 6.61 Å². The molecule has 1 atom stereocenters. The molecule has 0 bridgehead atoms. The van der Waals surface area contributed by atoms with Crippen LogP contribution >= 0.6 is 0 Å². The Labute approximate surface area is 147 Å². The zero-order chi connectivity index (χ0) is 18.5. The van der Waals surface area contributed by atoms with Gasteiger partial charge in [-0.15, -0.1) is 0 Å². The van der Waals surface area contributed by atoms with E-state index in [4.69, 9.17) is 9.47 Å². The Bertz CT molecular complexity index is 599. The van der Waals surface area contributed by atoms with Crippen LogP contribution in [0.1, 0.15) is 39.2 Å². The second-order valence-electron chi connectivity index (χ2n) is 7.17. The number of hydrogen-bond donors (Lipinski definition) is 2. The van der Waals surface area contributed by atoms with Crippen molar-refractivity contribution in [1.29, 1.82) is 0 Å². The van der Waals surface area contributed by atoms with E-state index in [1.807, 2.05) is 30.3 Å². The van der Waals surface area contributed by atoms with E-state index in [0.29, 0.717) is 19.4 Å². The molecule has 0 aliphatic carbocycles. The van der Waals surface area contributed by atoms with Gasteiger partial charge in [-0.1, -0.05) is 30.3 Å².